The fourth-order valence-electron chi connectivity index (χ4n) is 1.36. The van der Waals surface area contributed by atoms with Gasteiger partial charge in [-0.25, -0.2) is 9.78 Å². The first-order valence-corrected chi connectivity index (χ1v) is 5.54. The van der Waals surface area contributed by atoms with Crippen LogP contribution in [0.5, 0.6) is 0 Å². The molecule has 1 rings (SSSR count). The Bertz CT molecular complexity index is 449. The molecule has 1 atom stereocenters. The van der Waals surface area contributed by atoms with Crippen molar-refractivity contribution in [2.45, 2.75) is 33.7 Å². The van der Waals surface area contributed by atoms with Crippen molar-refractivity contribution in [3.05, 3.63) is 23.8 Å². The van der Waals surface area contributed by atoms with Crippen LogP contribution < -0.4 is 5.32 Å². The standard InChI is InChI=1S/C12H17N3O3/c1-7-5-14-8(6-13-7)10(16)15-9(11(17)18)12(2,3)4/h5-6,9H,1-4H3,(H,15,16)(H,17,18). The maximum atomic E-state index is 11.8. The Labute approximate surface area is 105 Å². The Morgan fingerprint density at radius 1 is 1.28 bits per heavy atom. The first-order valence-electron chi connectivity index (χ1n) is 5.54. The number of amides is 1. The number of carbonyl (C=O) groups excluding carboxylic acids is 1. The predicted molar refractivity (Wildman–Crippen MR) is 65.1 cm³/mol. The molecule has 1 aromatic rings. The number of nitrogens with zero attached hydrogens (tertiary/aromatic N) is 2. The van der Waals surface area contributed by atoms with Crippen molar-refractivity contribution < 1.29 is 14.7 Å². The number of rotatable bonds is 3. The number of aryl methyl sites for hydroxylation is 1. The van der Waals surface area contributed by atoms with Crippen molar-refractivity contribution in [3.8, 4) is 0 Å². The van der Waals surface area contributed by atoms with E-state index < -0.39 is 23.3 Å². The third-order valence-electron chi connectivity index (χ3n) is 2.40. The Balaban J connectivity index is 2.86. The van der Waals surface area contributed by atoms with Crippen molar-refractivity contribution in [1.82, 2.24) is 15.3 Å². The second-order valence-electron chi connectivity index (χ2n) is 5.15. The summed E-state index contributed by atoms with van der Waals surface area (Å²) in [6.07, 6.45) is 2.79. The van der Waals surface area contributed by atoms with Gasteiger partial charge in [-0.15, -0.1) is 0 Å². The lowest BCUT2D eigenvalue weighted by Gasteiger charge is -2.27. The van der Waals surface area contributed by atoms with Gasteiger partial charge in [0.25, 0.3) is 5.91 Å². The van der Waals surface area contributed by atoms with Crippen LogP contribution in [-0.2, 0) is 4.79 Å². The number of hydrogen-bond acceptors (Lipinski definition) is 4. The molecule has 0 fully saturated rings. The van der Waals surface area contributed by atoms with Gasteiger partial charge < -0.3 is 10.4 Å². The quantitative estimate of drug-likeness (QED) is 0.836. The molecule has 0 saturated carbocycles. The zero-order chi connectivity index (χ0) is 13.9. The zero-order valence-corrected chi connectivity index (χ0v) is 10.9. The van der Waals surface area contributed by atoms with Gasteiger partial charge in [0.2, 0.25) is 0 Å². The first-order chi connectivity index (χ1) is 8.21. The van der Waals surface area contributed by atoms with E-state index in [4.69, 9.17) is 5.11 Å². The summed E-state index contributed by atoms with van der Waals surface area (Å²) in [6.45, 7) is 6.98. The second kappa shape index (κ2) is 5.12. The van der Waals surface area contributed by atoms with Crippen LogP contribution in [0.4, 0.5) is 0 Å². The minimum atomic E-state index is -1.07. The van der Waals surface area contributed by atoms with E-state index >= 15 is 0 Å². The molecular weight excluding hydrogens is 234 g/mol. The number of hydrogen-bond donors (Lipinski definition) is 2. The van der Waals surface area contributed by atoms with Gasteiger partial charge in [-0.3, -0.25) is 9.78 Å². The summed E-state index contributed by atoms with van der Waals surface area (Å²) in [5.74, 6) is -1.61. The highest BCUT2D eigenvalue weighted by Crippen LogP contribution is 2.19. The fourth-order valence-corrected chi connectivity index (χ4v) is 1.36. The maximum Gasteiger partial charge on any atom is 0.326 e. The highest BCUT2D eigenvalue weighted by Gasteiger charge is 2.33. The van der Waals surface area contributed by atoms with Gasteiger partial charge in [0.15, 0.2) is 0 Å². The molecule has 0 saturated heterocycles. The lowest BCUT2D eigenvalue weighted by Crippen LogP contribution is -2.49. The number of carboxylic acids is 1. The zero-order valence-electron chi connectivity index (χ0n) is 10.9. The number of aromatic nitrogens is 2. The van der Waals surface area contributed by atoms with E-state index in [9.17, 15) is 9.59 Å². The summed E-state index contributed by atoms with van der Waals surface area (Å²) < 4.78 is 0. The molecule has 2 N–H and O–H groups in total. The third-order valence-corrected chi connectivity index (χ3v) is 2.40. The van der Waals surface area contributed by atoms with E-state index in [1.165, 1.54) is 12.4 Å². The van der Waals surface area contributed by atoms with Crippen LogP contribution >= 0.6 is 0 Å². The van der Waals surface area contributed by atoms with Crippen LogP contribution in [0.15, 0.2) is 12.4 Å². The van der Waals surface area contributed by atoms with E-state index in [0.717, 1.165) is 0 Å². The third kappa shape index (κ3) is 3.51. The Morgan fingerprint density at radius 2 is 1.89 bits per heavy atom. The molecule has 6 nitrogen and oxygen atoms in total. The van der Waals surface area contributed by atoms with Gasteiger partial charge in [-0.05, 0) is 12.3 Å². The van der Waals surface area contributed by atoms with E-state index in [1.54, 1.807) is 27.7 Å². The van der Waals surface area contributed by atoms with Crippen molar-refractivity contribution in [1.29, 1.82) is 0 Å². The van der Waals surface area contributed by atoms with E-state index in [0.29, 0.717) is 5.69 Å². The van der Waals surface area contributed by atoms with Crippen molar-refractivity contribution in [3.63, 3.8) is 0 Å². The average molecular weight is 251 g/mol. The van der Waals surface area contributed by atoms with Crippen LogP contribution in [0, 0.1) is 12.3 Å². The molecule has 0 aliphatic carbocycles. The molecule has 6 heteroatoms. The molecule has 0 spiro atoms. The normalized spacial score (nSPS) is 12.9. The molecule has 0 radical (unpaired) electrons. The van der Waals surface area contributed by atoms with Gasteiger partial charge in [-0.1, -0.05) is 20.8 Å². The Kier molecular flexibility index (Phi) is 4.00. The average Bonchev–Trinajstić information content (AvgIpc) is 2.24. The van der Waals surface area contributed by atoms with Crippen LogP contribution in [0.1, 0.15) is 37.0 Å². The van der Waals surface area contributed by atoms with Crippen molar-refractivity contribution in [2.75, 3.05) is 0 Å². The van der Waals surface area contributed by atoms with Gasteiger partial charge in [0.05, 0.1) is 11.9 Å². The molecule has 98 valence electrons. The molecule has 0 aliphatic rings. The lowest BCUT2D eigenvalue weighted by atomic mass is 9.86. The monoisotopic (exact) mass is 251 g/mol. The highest BCUT2D eigenvalue weighted by molar-refractivity contribution is 5.94. The summed E-state index contributed by atoms with van der Waals surface area (Å²) in [5.41, 5.74) is 0.216. The second-order valence-corrected chi connectivity index (χ2v) is 5.15. The molecular formula is C12H17N3O3. The topological polar surface area (TPSA) is 92.2 Å². The molecule has 0 aromatic carbocycles. The highest BCUT2D eigenvalue weighted by atomic mass is 16.4. The molecule has 1 amide bonds. The van der Waals surface area contributed by atoms with Crippen molar-refractivity contribution in [2.24, 2.45) is 5.41 Å². The smallest absolute Gasteiger partial charge is 0.326 e. The fraction of sp³-hybridized carbons (Fsp3) is 0.500. The van der Waals surface area contributed by atoms with Gasteiger partial charge in [0, 0.05) is 6.20 Å². The minimum Gasteiger partial charge on any atom is -0.480 e. The van der Waals surface area contributed by atoms with Gasteiger partial charge in [0.1, 0.15) is 11.7 Å². The Morgan fingerprint density at radius 3 is 2.28 bits per heavy atom. The van der Waals surface area contributed by atoms with Gasteiger partial charge >= 0.3 is 5.97 Å². The van der Waals surface area contributed by atoms with Gasteiger partial charge in [-0.2, -0.15) is 0 Å². The minimum absolute atomic E-state index is 0.107. The summed E-state index contributed by atoms with van der Waals surface area (Å²) in [7, 11) is 0. The van der Waals surface area contributed by atoms with Crippen LogP contribution in [0.25, 0.3) is 0 Å². The summed E-state index contributed by atoms with van der Waals surface area (Å²) in [6, 6.07) is -0.979. The molecule has 18 heavy (non-hydrogen) atoms. The van der Waals surface area contributed by atoms with E-state index in [2.05, 4.69) is 15.3 Å². The van der Waals surface area contributed by atoms with E-state index in [-0.39, 0.29) is 5.69 Å². The predicted octanol–water partition coefficient (Wildman–Crippen LogP) is 1.01. The van der Waals surface area contributed by atoms with E-state index in [1.807, 2.05) is 0 Å². The number of carbonyl (C=O) groups is 2. The van der Waals surface area contributed by atoms with Crippen LogP contribution in [0.2, 0.25) is 0 Å². The summed E-state index contributed by atoms with van der Waals surface area (Å²) >= 11 is 0. The number of carboxylic acid groups (broad SMARTS) is 1. The summed E-state index contributed by atoms with van der Waals surface area (Å²) in [4.78, 5) is 30.8. The maximum absolute atomic E-state index is 11.8. The molecule has 0 aliphatic heterocycles. The summed E-state index contributed by atoms with van der Waals surface area (Å²) in [5, 5.41) is 11.5. The molecule has 1 unspecified atom stereocenters. The first kappa shape index (κ1) is 14.1. The number of nitrogens with one attached hydrogen (secondary N) is 1. The van der Waals surface area contributed by atoms with Crippen LogP contribution in [0.3, 0.4) is 0 Å². The Hall–Kier alpha value is -1.98. The molecule has 1 heterocycles. The van der Waals surface area contributed by atoms with Crippen molar-refractivity contribution >= 4 is 11.9 Å². The number of aliphatic carboxylic acids is 1. The molecule has 1 aromatic heterocycles. The lowest BCUT2D eigenvalue weighted by molar-refractivity contribution is -0.142. The van der Waals surface area contributed by atoms with Crippen LogP contribution in [-0.4, -0.2) is 33.0 Å². The largest absolute Gasteiger partial charge is 0.480 e. The SMILES string of the molecule is Cc1cnc(C(=O)NC(C(=O)O)C(C)(C)C)cn1. The molecule has 0 bridgehead atoms.